The lowest BCUT2D eigenvalue weighted by Gasteiger charge is -2.18. The third-order valence-corrected chi connectivity index (χ3v) is 15.8. The molecule has 462 valence electrons. The van der Waals surface area contributed by atoms with Crippen molar-refractivity contribution < 1.29 is 28.6 Å². The van der Waals surface area contributed by atoms with E-state index < -0.39 is 6.10 Å². The largest absolute Gasteiger partial charge is 0.462 e. The number of ether oxygens (including phenoxy) is 3. The minimum Gasteiger partial charge on any atom is -0.462 e. The molecule has 0 aromatic heterocycles. The van der Waals surface area contributed by atoms with E-state index in [1.165, 1.54) is 257 Å². The number of esters is 3. The molecule has 79 heavy (non-hydrogen) atoms. The summed E-state index contributed by atoms with van der Waals surface area (Å²) in [6.45, 7) is 6.59. The first-order valence-corrected chi connectivity index (χ1v) is 35.1. The summed E-state index contributed by atoms with van der Waals surface area (Å²) in [6, 6.07) is 0. The Balaban J connectivity index is 4.02. The zero-order valence-corrected chi connectivity index (χ0v) is 53.2. The molecule has 0 rings (SSSR count). The molecule has 0 amide bonds. The number of carbonyl (C=O) groups excluding carboxylic acids is 3. The minimum atomic E-state index is -0.766. The van der Waals surface area contributed by atoms with Crippen LogP contribution in [0.5, 0.6) is 0 Å². The van der Waals surface area contributed by atoms with Gasteiger partial charge in [0.25, 0.3) is 0 Å². The van der Waals surface area contributed by atoms with E-state index in [1.807, 2.05) is 0 Å². The third-order valence-electron chi connectivity index (χ3n) is 15.8. The van der Waals surface area contributed by atoms with Crippen LogP contribution in [-0.4, -0.2) is 37.2 Å². The van der Waals surface area contributed by atoms with E-state index in [0.29, 0.717) is 19.3 Å². The van der Waals surface area contributed by atoms with Crippen LogP contribution in [0.4, 0.5) is 0 Å². The van der Waals surface area contributed by atoms with E-state index in [0.717, 1.165) is 83.5 Å². The zero-order valence-electron chi connectivity index (χ0n) is 53.2. The molecular formula is C73H134O6. The maximum absolute atomic E-state index is 12.9. The van der Waals surface area contributed by atoms with Crippen molar-refractivity contribution in [2.24, 2.45) is 0 Å². The Morgan fingerprint density at radius 2 is 0.494 bits per heavy atom. The van der Waals surface area contributed by atoms with E-state index >= 15 is 0 Å². The van der Waals surface area contributed by atoms with Crippen LogP contribution in [0.2, 0.25) is 0 Å². The van der Waals surface area contributed by atoms with Crippen LogP contribution in [0.3, 0.4) is 0 Å². The molecule has 6 heteroatoms. The van der Waals surface area contributed by atoms with Crippen molar-refractivity contribution in [3.8, 4) is 0 Å². The molecule has 0 radical (unpaired) electrons. The molecule has 0 saturated carbocycles. The maximum Gasteiger partial charge on any atom is 0.306 e. The molecule has 0 heterocycles. The van der Waals surface area contributed by atoms with Crippen LogP contribution in [-0.2, 0) is 28.6 Å². The van der Waals surface area contributed by atoms with Crippen molar-refractivity contribution in [3.63, 3.8) is 0 Å². The Morgan fingerprint density at radius 1 is 0.266 bits per heavy atom. The predicted molar refractivity (Wildman–Crippen MR) is 344 cm³/mol. The fourth-order valence-corrected chi connectivity index (χ4v) is 10.6. The van der Waals surface area contributed by atoms with Gasteiger partial charge in [-0.05, 0) is 57.8 Å². The number of unbranched alkanes of at least 4 members (excludes halogenated alkanes) is 46. The topological polar surface area (TPSA) is 78.9 Å². The second kappa shape index (κ2) is 67.9. The Bertz CT molecular complexity index is 1360. The average Bonchev–Trinajstić information content (AvgIpc) is 3.45. The van der Waals surface area contributed by atoms with Crippen LogP contribution in [0.15, 0.2) is 48.6 Å². The summed E-state index contributed by atoms with van der Waals surface area (Å²) < 4.78 is 16.9. The molecule has 0 N–H and O–H groups in total. The Labute approximate surface area is 492 Å². The molecule has 0 aliphatic rings. The van der Waals surface area contributed by atoms with Crippen molar-refractivity contribution in [2.45, 2.75) is 386 Å². The highest BCUT2D eigenvalue weighted by Gasteiger charge is 2.19. The van der Waals surface area contributed by atoms with Crippen molar-refractivity contribution in [3.05, 3.63) is 48.6 Å². The number of carbonyl (C=O) groups is 3. The van der Waals surface area contributed by atoms with Crippen LogP contribution >= 0.6 is 0 Å². The third kappa shape index (κ3) is 66.1. The highest BCUT2D eigenvalue weighted by Crippen LogP contribution is 2.19. The van der Waals surface area contributed by atoms with E-state index in [-0.39, 0.29) is 31.1 Å². The van der Waals surface area contributed by atoms with Gasteiger partial charge in [-0.1, -0.05) is 352 Å². The molecule has 1 unspecified atom stereocenters. The van der Waals surface area contributed by atoms with E-state index in [4.69, 9.17) is 14.2 Å². The van der Waals surface area contributed by atoms with E-state index in [2.05, 4.69) is 69.4 Å². The van der Waals surface area contributed by atoms with Crippen LogP contribution in [0.25, 0.3) is 0 Å². The molecule has 0 fully saturated rings. The van der Waals surface area contributed by atoms with Gasteiger partial charge >= 0.3 is 17.9 Å². The fraction of sp³-hybridized carbons (Fsp3) is 0.849. The quantitative estimate of drug-likeness (QED) is 0.0261. The summed E-state index contributed by atoms with van der Waals surface area (Å²) in [5, 5.41) is 0. The van der Waals surface area contributed by atoms with Crippen molar-refractivity contribution in [1.82, 2.24) is 0 Å². The number of hydrogen-bond donors (Lipinski definition) is 0. The lowest BCUT2D eigenvalue weighted by atomic mass is 10.0. The summed E-state index contributed by atoms with van der Waals surface area (Å²) in [5.41, 5.74) is 0. The lowest BCUT2D eigenvalue weighted by molar-refractivity contribution is -0.167. The lowest BCUT2D eigenvalue weighted by Crippen LogP contribution is -2.30. The first kappa shape index (κ1) is 76.4. The fourth-order valence-electron chi connectivity index (χ4n) is 10.6. The van der Waals surface area contributed by atoms with Gasteiger partial charge in [0.1, 0.15) is 13.2 Å². The summed E-state index contributed by atoms with van der Waals surface area (Å²) in [5.74, 6) is -0.836. The van der Waals surface area contributed by atoms with Gasteiger partial charge in [-0.3, -0.25) is 14.4 Å². The minimum absolute atomic E-state index is 0.0643. The van der Waals surface area contributed by atoms with Crippen LogP contribution in [0, 0.1) is 0 Å². The van der Waals surface area contributed by atoms with Gasteiger partial charge in [0.05, 0.1) is 0 Å². The normalized spacial score (nSPS) is 12.3. The molecule has 0 saturated heterocycles. The van der Waals surface area contributed by atoms with Crippen molar-refractivity contribution >= 4 is 17.9 Å². The number of allylic oxidation sites excluding steroid dienone is 8. The van der Waals surface area contributed by atoms with Crippen LogP contribution in [0.1, 0.15) is 380 Å². The predicted octanol–water partition coefficient (Wildman–Crippen LogP) is 24.1. The zero-order chi connectivity index (χ0) is 57.1. The van der Waals surface area contributed by atoms with Gasteiger partial charge in [0.2, 0.25) is 0 Å². The van der Waals surface area contributed by atoms with E-state index in [1.54, 1.807) is 0 Å². The monoisotopic (exact) mass is 1110 g/mol. The molecule has 0 aliphatic heterocycles. The van der Waals surface area contributed by atoms with Gasteiger partial charge < -0.3 is 14.2 Å². The number of hydrogen-bond acceptors (Lipinski definition) is 6. The summed E-state index contributed by atoms with van der Waals surface area (Å²) >= 11 is 0. The molecule has 1 atom stereocenters. The van der Waals surface area contributed by atoms with Crippen molar-refractivity contribution in [2.75, 3.05) is 13.2 Å². The standard InChI is InChI=1S/C73H134O6/c1-4-7-10-13-16-19-22-25-27-28-29-30-31-32-33-34-35-36-37-38-39-40-41-42-43-44-45-46-47-49-51-54-57-60-63-66-72(75)78-69-70(68-77-71(74)65-62-59-56-53-50-24-21-18-15-12-9-6-3)79-73(76)67-64-61-58-55-52-48-26-23-20-17-14-11-8-5-2/h7,10,16,19,25,27,29-30,70H,4-6,8-9,11-15,17-18,20-24,26,28,31-69H2,1-3H3/b10-7-,19-16-,27-25-,30-29-. The highest BCUT2D eigenvalue weighted by molar-refractivity contribution is 5.71. The Kier molecular flexibility index (Phi) is 65.6. The van der Waals surface area contributed by atoms with Gasteiger partial charge in [0, 0.05) is 19.3 Å². The van der Waals surface area contributed by atoms with Gasteiger partial charge in [0.15, 0.2) is 6.10 Å². The molecule has 6 nitrogen and oxygen atoms in total. The molecule has 0 aromatic rings. The second-order valence-corrected chi connectivity index (χ2v) is 23.8. The molecule has 0 bridgehead atoms. The summed E-state index contributed by atoms with van der Waals surface area (Å²) in [6.07, 6.45) is 85.9. The van der Waals surface area contributed by atoms with Gasteiger partial charge in [-0.15, -0.1) is 0 Å². The second-order valence-electron chi connectivity index (χ2n) is 23.8. The van der Waals surface area contributed by atoms with Crippen molar-refractivity contribution in [1.29, 1.82) is 0 Å². The average molecular weight is 1110 g/mol. The molecular weight excluding hydrogens is 973 g/mol. The first-order chi connectivity index (χ1) is 39.0. The SMILES string of the molecule is CC/C=C\C/C=C\C/C=C\C/C=C\CCCCCCCCCCCCCCCCCCCCCCCCC(=O)OCC(COC(=O)CCCCCCCCCCCCCC)OC(=O)CCCCCCCCCCCCCCCC. The molecule has 0 aromatic carbocycles. The highest BCUT2D eigenvalue weighted by atomic mass is 16.6. The molecule has 0 aliphatic carbocycles. The number of rotatable bonds is 65. The maximum atomic E-state index is 12.9. The summed E-state index contributed by atoms with van der Waals surface area (Å²) in [4.78, 5) is 38.3. The summed E-state index contributed by atoms with van der Waals surface area (Å²) in [7, 11) is 0. The van der Waals surface area contributed by atoms with Gasteiger partial charge in [-0.25, -0.2) is 0 Å². The molecule has 0 spiro atoms. The Morgan fingerprint density at radius 3 is 0.772 bits per heavy atom. The Hall–Kier alpha value is -2.63. The smallest absolute Gasteiger partial charge is 0.306 e. The van der Waals surface area contributed by atoms with Gasteiger partial charge in [-0.2, -0.15) is 0 Å². The van der Waals surface area contributed by atoms with Crippen LogP contribution < -0.4 is 0 Å². The van der Waals surface area contributed by atoms with E-state index in [9.17, 15) is 14.4 Å². The first-order valence-electron chi connectivity index (χ1n) is 35.1.